The van der Waals surface area contributed by atoms with E-state index in [1.165, 1.54) is 44.2 Å². The van der Waals surface area contributed by atoms with Gasteiger partial charge in [-0.15, -0.1) is 0 Å². The second-order valence-electron chi connectivity index (χ2n) is 9.42. The first-order valence-corrected chi connectivity index (χ1v) is 12.8. The normalized spacial score (nSPS) is 16.4. The summed E-state index contributed by atoms with van der Waals surface area (Å²) in [5, 5.41) is 9.15. The van der Waals surface area contributed by atoms with Crippen LogP contribution < -0.4 is 15.2 Å². The summed E-state index contributed by atoms with van der Waals surface area (Å²) in [5.41, 5.74) is 6.64. The summed E-state index contributed by atoms with van der Waals surface area (Å²) in [6.07, 6.45) is 3.13. The van der Waals surface area contributed by atoms with Crippen LogP contribution in [0.3, 0.4) is 0 Å². The molecule has 0 bridgehead atoms. The van der Waals surface area contributed by atoms with Gasteiger partial charge in [0.05, 0.1) is 5.56 Å². The summed E-state index contributed by atoms with van der Waals surface area (Å²) in [4.78, 5) is 61.7. The molecule has 0 amide bonds. The van der Waals surface area contributed by atoms with Gasteiger partial charge >= 0.3 is 29.8 Å². The van der Waals surface area contributed by atoms with Crippen LogP contribution in [0.15, 0.2) is 72.3 Å². The number of carboxylic acid groups (broad SMARTS) is 1. The SMILES string of the molecule is CC1CC=CC=C1C(=O)O[C@H](C)C(=O)Oc1cc(CC(N)C(=O)O)ccc1OC(=O)[C@@H](C)OC(=O)c1ccccc1. The third-order valence-corrected chi connectivity index (χ3v) is 6.11. The Morgan fingerprint density at radius 3 is 2.12 bits per heavy atom. The minimum Gasteiger partial charge on any atom is -0.480 e. The van der Waals surface area contributed by atoms with Gasteiger partial charge in [0.2, 0.25) is 0 Å². The lowest BCUT2D eigenvalue weighted by atomic mass is 9.93. The van der Waals surface area contributed by atoms with Crippen LogP contribution in [0.25, 0.3) is 0 Å². The predicted octanol–water partition coefficient (Wildman–Crippen LogP) is 3.15. The molecule has 0 heterocycles. The van der Waals surface area contributed by atoms with Crippen LogP contribution in [0.5, 0.6) is 11.5 Å². The number of aliphatic carboxylic acids is 1. The van der Waals surface area contributed by atoms with E-state index >= 15 is 0 Å². The topological polar surface area (TPSA) is 169 Å². The van der Waals surface area contributed by atoms with E-state index in [1.54, 1.807) is 30.4 Å². The molecule has 0 aliphatic heterocycles. The molecule has 4 atom stereocenters. The van der Waals surface area contributed by atoms with Gasteiger partial charge in [0.15, 0.2) is 23.7 Å². The lowest BCUT2D eigenvalue weighted by molar-refractivity contribution is -0.158. The summed E-state index contributed by atoms with van der Waals surface area (Å²) >= 11 is 0. The molecule has 3 N–H and O–H groups in total. The average molecular weight is 566 g/mol. The first-order valence-electron chi connectivity index (χ1n) is 12.8. The number of carboxylic acids is 1. The second-order valence-corrected chi connectivity index (χ2v) is 9.42. The van der Waals surface area contributed by atoms with Gasteiger partial charge in [-0.2, -0.15) is 0 Å². The number of esters is 4. The Balaban J connectivity index is 1.76. The minimum atomic E-state index is -1.33. The Morgan fingerprint density at radius 2 is 1.51 bits per heavy atom. The fourth-order valence-electron chi connectivity index (χ4n) is 3.71. The van der Waals surface area contributed by atoms with Gasteiger partial charge in [-0.1, -0.05) is 49.4 Å². The smallest absolute Gasteiger partial charge is 0.352 e. The van der Waals surface area contributed by atoms with Crippen molar-refractivity contribution >= 4 is 29.8 Å². The zero-order chi connectivity index (χ0) is 30.1. The highest BCUT2D eigenvalue weighted by atomic mass is 16.6. The molecule has 2 aromatic rings. The Morgan fingerprint density at radius 1 is 0.902 bits per heavy atom. The third-order valence-electron chi connectivity index (χ3n) is 6.11. The molecule has 2 unspecified atom stereocenters. The first kappa shape index (κ1) is 30.8. The second kappa shape index (κ2) is 14.0. The molecule has 0 aromatic heterocycles. The van der Waals surface area contributed by atoms with E-state index < -0.39 is 48.1 Å². The predicted molar refractivity (Wildman–Crippen MR) is 145 cm³/mol. The Hall–Kier alpha value is -4.77. The van der Waals surface area contributed by atoms with Crippen LogP contribution in [-0.2, 0) is 35.1 Å². The van der Waals surface area contributed by atoms with Crippen molar-refractivity contribution in [3.8, 4) is 11.5 Å². The fraction of sp³-hybridized carbons (Fsp3) is 0.300. The number of allylic oxidation sites excluding steroid dienone is 3. The summed E-state index contributed by atoms with van der Waals surface area (Å²) in [6, 6.07) is 10.8. The van der Waals surface area contributed by atoms with E-state index in [0.717, 1.165) is 0 Å². The van der Waals surface area contributed by atoms with Crippen LogP contribution in [0.4, 0.5) is 0 Å². The highest BCUT2D eigenvalue weighted by Gasteiger charge is 2.28. The van der Waals surface area contributed by atoms with Crippen molar-refractivity contribution in [3.63, 3.8) is 0 Å². The van der Waals surface area contributed by atoms with Crippen molar-refractivity contribution in [2.75, 3.05) is 0 Å². The van der Waals surface area contributed by atoms with Gasteiger partial charge in [0, 0.05) is 5.57 Å². The molecule has 3 rings (SSSR count). The molecular weight excluding hydrogens is 534 g/mol. The van der Waals surface area contributed by atoms with Crippen LogP contribution >= 0.6 is 0 Å². The Bertz CT molecular complexity index is 1360. The largest absolute Gasteiger partial charge is 0.480 e. The molecule has 0 fully saturated rings. The van der Waals surface area contributed by atoms with Crippen molar-refractivity contribution in [1.82, 2.24) is 0 Å². The summed E-state index contributed by atoms with van der Waals surface area (Å²) in [6.45, 7) is 4.49. The fourth-order valence-corrected chi connectivity index (χ4v) is 3.71. The van der Waals surface area contributed by atoms with Crippen LogP contribution in [0.1, 0.15) is 43.1 Å². The van der Waals surface area contributed by atoms with Gasteiger partial charge in [0.1, 0.15) is 6.04 Å². The number of benzene rings is 2. The number of carbonyl (C=O) groups excluding carboxylic acids is 4. The van der Waals surface area contributed by atoms with Gasteiger partial charge in [-0.05, 0) is 62.4 Å². The molecule has 0 saturated heterocycles. The molecule has 1 aliphatic carbocycles. The molecule has 0 spiro atoms. The molecule has 11 nitrogen and oxygen atoms in total. The molecule has 41 heavy (non-hydrogen) atoms. The maximum absolute atomic E-state index is 12.9. The summed E-state index contributed by atoms with van der Waals surface area (Å²) in [5.74, 6) is -5.15. The lowest BCUT2D eigenvalue weighted by Gasteiger charge is -2.19. The molecular formula is C30H31NO10. The zero-order valence-corrected chi connectivity index (χ0v) is 22.8. The van der Waals surface area contributed by atoms with Crippen molar-refractivity contribution < 1.29 is 48.0 Å². The summed E-state index contributed by atoms with van der Waals surface area (Å²) in [7, 11) is 0. The van der Waals surface area contributed by atoms with E-state index in [2.05, 4.69) is 0 Å². The lowest BCUT2D eigenvalue weighted by Crippen LogP contribution is -2.32. The van der Waals surface area contributed by atoms with Crippen molar-refractivity contribution in [2.24, 2.45) is 11.7 Å². The van der Waals surface area contributed by atoms with Crippen molar-refractivity contribution in [1.29, 1.82) is 0 Å². The Labute approximate surface area is 236 Å². The monoisotopic (exact) mass is 565 g/mol. The first-order chi connectivity index (χ1) is 19.5. The minimum absolute atomic E-state index is 0.0881. The van der Waals surface area contributed by atoms with Gasteiger partial charge in [-0.3, -0.25) is 4.79 Å². The quantitative estimate of drug-likeness (QED) is 0.303. The number of hydrogen-bond donors (Lipinski definition) is 2. The van der Waals surface area contributed by atoms with Crippen molar-refractivity contribution in [3.05, 3.63) is 83.5 Å². The highest BCUT2D eigenvalue weighted by Crippen LogP contribution is 2.30. The molecule has 216 valence electrons. The molecule has 11 heteroatoms. The van der Waals surface area contributed by atoms with Gasteiger partial charge in [0.25, 0.3) is 0 Å². The van der Waals surface area contributed by atoms with Crippen LogP contribution in [-0.4, -0.2) is 53.2 Å². The molecule has 1 aliphatic rings. The van der Waals surface area contributed by atoms with E-state index in [4.69, 9.17) is 29.8 Å². The van der Waals surface area contributed by atoms with Crippen LogP contribution in [0.2, 0.25) is 0 Å². The highest BCUT2D eigenvalue weighted by molar-refractivity contribution is 5.92. The summed E-state index contributed by atoms with van der Waals surface area (Å²) < 4.78 is 21.2. The number of carbonyl (C=O) groups is 5. The molecule has 0 saturated carbocycles. The van der Waals surface area contributed by atoms with E-state index in [0.29, 0.717) is 17.6 Å². The maximum Gasteiger partial charge on any atom is 0.352 e. The number of ether oxygens (including phenoxy) is 4. The van der Waals surface area contributed by atoms with E-state index in [9.17, 15) is 24.0 Å². The van der Waals surface area contributed by atoms with Gasteiger partial charge in [-0.25, -0.2) is 19.2 Å². The van der Waals surface area contributed by atoms with Crippen molar-refractivity contribution in [2.45, 2.75) is 51.9 Å². The van der Waals surface area contributed by atoms with Crippen LogP contribution in [0, 0.1) is 5.92 Å². The third kappa shape index (κ3) is 8.61. The van der Waals surface area contributed by atoms with E-state index in [1.807, 2.05) is 13.0 Å². The molecule has 2 aromatic carbocycles. The standard InChI is InChI=1S/C30H31NO10/c1-17-9-7-8-12-22(17)30(37)39-19(3)28(35)41-25-16-20(15-23(31)26(32)33)13-14-24(25)40-27(34)18(2)38-29(36)21-10-5-4-6-11-21/h4-8,10-14,16-19,23H,9,15,31H2,1-3H3,(H,32,33)/t17?,18-,19-,23?/m1/s1. The number of hydrogen-bond acceptors (Lipinski definition) is 10. The number of nitrogens with two attached hydrogens (primary N) is 1. The maximum atomic E-state index is 12.9. The average Bonchev–Trinajstić information content (AvgIpc) is 2.94. The molecule has 0 radical (unpaired) electrons. The Kier molecular flexibility index (Phi) is 10.5. The van der Waals surface area contributed by atoms with Gasteiger partial charge < -0.3 is 29.8 Å². The van der Waals surface area contributed by atoms with E-state index in [-0.39, 0.29) is 29.4 Å². The number of rotatable bonds is 11. The zero-order valence-electron chi connectivity index (χ0n) is 22.8.